The number of unbranched alkanes of at least 4 members (excludes halogenated alkanes) is 5. The summed E-state index contributed by atoms with van der Waals surface area (Å²) in [7, 11) is -1.79. The van der Waals surface area contributed by atoms with Crippen LogP contribution in [0.5, 0.6) is 0 Å². The summed E-state index contributed by atoms with van der Waals surface area (Å²) in [5.74, 6) is 0. The highest BCUT2D eigenvalue weighted by molar-refractivity contribution is 7.87. The van der Waals surface area contributed by atoms with Crippen molar-refractivity contribution < 1.29 is 39.3 Å². The van der Waals surface area contributed by atoms with Crippen LogP contribution in [0, 0.1) is 0 Å². The van der Waals surface area contributed by atoms with Gasteiger partial charge in [0.05, 0.1) is 0 Å². The van der Waals surface area contributed by atoms with E-state index >= 15 is 0 Å². The van der Waals surface area contributed by atoms with Gasteiger partial charge in [0.1, 0.15) is 0 Å². The first kappa shape index (κ1) is 24.7. The molecule has 0 aromatic heterocycles. The highest BCUT2D eigenvalue weighted by Crippen LogP contribution is 2.30. The number of alkyl halides is 5. The lowest BCUT2D eigenvalue weighted by molar-refractivity contribution is -0.135. The van der Waals surface area contributed by atoms with Crippen LogP contribution in [0.2, 0.25) is 0 Å². The first-order valence-corrected chi connectivity index (χ1v) is 8.42. The molecule has 0 aromatic carbocycles. The minimum absolute atomic E-state index is 0.0241. The Morgan fingerprint density at radius 1 is 0.826 bits per heavy atom. The van der Waals surface area contributed by atoms with E-state index in [1.165, 1.54) is 0 Å². The molecule has 0 amide bonds. The van der Waals surface area contributed by atoms with Gasteiger partial charge in [0, 0.05) is 12.8 Å². The van der Waals surface area contributed by atoms with Gasteiger partial charge in [0.25, 0.3) is 0 Å². The molecule has 0 saturated heterocycles. The summed E-state index contributed by atoms with van der Waals surface area (Å²) in [6, 6.07) is 0. The molecule has 11 heteroatoms. The van der Waals surface area contributed by atoms with Crippen LogP contribution < -0.4 is 5.32 Å². The van der Waals surface area contributed by atoms with Gasteiger partial charge >= 0.3 is 21.5 Å². The van der Waals surface area contributed by atoms with E-state index in [1.807, 2.05) is 14.1 Å². The van der Waals surface area contributed by atoms with E-state index in [0.29, 0.717) is 19.3 Å². The van der Waals surface area contributed by atoms with E-state index in [1.54, 1.807) is 0 Å². The van der Waals surface area contributed by atoms with Crippen LogP contribution in [-0.2, 0) is 14.5 Å². The van der Waals surface area contributed by atoms with Crippen molar-refractivity contribution in [1.82, 2.24) is 5.32 Å². The van der Waals surface area contributed by atoms with Gasteiger partial charge in [-0.1, -0.05) is 30.1 Å². The monoisotopic (exact) mass is 375 g/mol. The molecule has 0 fully saturated rings. The number of nitrogens with one attached hydrogen (secondary N) is 1. The topological polar surface area (TPSA) is 55.4 Å². The van der Waals surface area contributed by atoms with Crippen LogP contribution in [-0.4, -0.2) is 33.9 Å². The molecule has 0 saturated carbocycles. The predicted molar refractivity (Wildman–Crippen MR) is 74.0 cm³/mol. The standard InChI is InChI=1S/C10H16F6O3S.C2H7N/c11-9(12,13)7-5-3-1-2-4-6-8-10(14,15)20(17,18)19-16;1-3-2/h1-8H2;3H,1-2H3. The molecule has 23 heavy (non-hydrogen) atoms. The van der Waals surface area contributed by atoms with Crippen molar-refractivity contribution in [2.24, 2.45) is 0 Å². The van der Waals surface area contributed by atoms with E-state index in [-0.39, 0.29) is 19.3 Å². The zero-order valence-corrected chi connectivity index (χ0v) is 13.9. The summed E-state index contributed by atoms with van der Waals surface area (Å²) >= 11 is 0. The summed E-state index contributed by atoms with van der Waals surface area (Å²) < 4.78 is 95.7. The summed E-state index contributed by atoms with van der Waals surface area (Å²) in [5, 5.41) is -1.54. The van der Waals surface area contributed by atoms with E-state index in [4.69, 9.17) is 0 Å². The number of halogens is 6. The Labute approximate surface area is 132 Å². The van der Waals surface area contributed by atoms with Crippen molar-refractivity contribution >= 4 is 10.1 Å². The Hall–Kier alpha value is -0.550. The molecule has 0 unspecified atom stereocenters. The van der Waals surface area contributed by atoms with Crippen LogP contribution in [0.25, 0.3) is 0 Å². The fraction of sp³-hybridized carbons (Fsp3) is 1.00. The van der Waals surface area contributed by atoms with Gasteiger partial charge in [-0.25, -0.2) is 0 Å². The second-order valence-electron chi connectivity index (χ2n) is 4.89. The van der Waals surface area contributed by atoms with Gasteiger partial charge in [-0.05, 0) is 31.5 Å². The Morgan fingerprint density at radius 3 is 1.52 bits per heavy atom. The Balaban J connectivity index is 0. The summed E-state index contributed by atoms with van der Waals surface area (Å²) in [4.78, 5) is 0. The van der Waals surface area contributed by atoms with Crippen LogP contribution >= 0.6 is 0 Å². The molecule has 0 aromatic rings. The normalized spacial score (nSPS) is 12.7. The third-order valence-electron chi connectivity index (χ3n) is 2.63. The molecule has 4 nitrogen and oxygen atoms in total. The highest BCUT2D eigenvalue weighted by atomic mass is 32.2. The molecule has 0 heterocycles. The first-order valence-electron chi connectivity index (χ1n) is 7.01. The smallest absolute Gasteiger partial charge is 0.323 e. The van der Waals surface area contributed by atoms with Crippen molar-refractivity contribution in [3.05, 3.63) is 0 Å². The largest absolute Gasteiger partial charge is 0.389 e. The van der Waals surface area contributed by atoms with Gasteiger partial charge in [-0.3, -0.25) is 0 Å². The van der Waals surface area contributed by atoms with Gasteiger partial charge in [-0.2, -0.15) is 30.4 Å². The summed E-state index contributed by atoms with van der Waals surface area (Å²) in [5.41, 5.74) is 0. The molecule has 0 spiro atoms. The Kier molecular flexibility index (Phi) is 12.8. The average Bonchev–Trinajstić information content (AvgIpc) is 2.41. The number of hydrogen-bond acceptors (Lipinski definition) is 4. The molecular formula is C12H23F6NO3S. The fourth-order valence-electron chi connectivity index (χ4n) is 1.53. The second-order valence-corrected chi connectivity index (χ2v) is 6.52. The minimum atomic E-state index is -5.54. The van der Waals surface area contributed by atoms with Crippen LogP contribution in [0.15, 0.2) is 0 Å². The Bertz CT molecular complexity index is 387. The quantitative estimate of drug-likeness (QED) is 0.456. The maximum atomic E-state index is 12.9. The maximum absolute atomic E-state index is 12.9. The van der Waals surface area contributed by atoms with E-state index in [2.05, 4.69) is 9.70 Å². The molecule has 0 aliphatic carbocycles. The average molecular weight is 375 g/mol. The van der Waals surface area contributed by atoms with Gasteiger partial charge < -0.3 is 5.32 Å². The molecule has 0 rings (SSSR count). The highest BCUT2D eigenvalue weighted by Gasteiger charge is 2.46. The van der Waals surface area contributed by atoms with Gasteiger partial charge in [0.2, 0.25) is 0 Å². The molecule has 0 aliphatic rings. The van der Waals surface area contributed by atoms with E-state index < -0.39 is 34.4 Å². The third kappa shape index (κ3) is 13.6. The van der Waals surface area contributed by atoms with Crippen molar-refractivity contribution in [1.29, 1.82) is 0 Å². The lowest BCUT2D eigenvalue weighted by Crippen LogP contribution is -2.28. The van der Waals surface area contributed by atoms with Crippen LogP contribution in [0.3, 0.4) is 0 Å². The predicted octanol–water partition coefficient (Wildman–Crippen LogP) is 4.33. The van der Waals surface area contributed by atoms with Crippen molar-refractivity contribution in [2.45, 2.75) is 62.8 Å². The first-order chi connectivity index (χ1) is 10.4. The molecular weight excluding hydrogens is 352 g/mol. The molecule has 0 radical (unpaired) electrons. The van der Waals surface area contributed by atoms with Crippen LogP contribution in [0.4, 0.5) is 26.5 Å². The van der Waals surface area contributed by atoms with E-state index in [0.717, 1.165) is 0 Å². The third-order valence-corrected chi connectivity index (χ3v) is 3.73. The summed E-state index contributed by atoms with van der Waals surface area (Å²) in [6.07, 6.45) is -4.97. The maximum Gasteiger partial charge on any atom is 0.389 e. The van der Waals surface area contributed by atoms with Crippen molar-refractivity contribution in [3.8, 4) is 0 Å². The SMILES string of the molecule is CNC.O=S(=O)(OF)C(F)(F)CCCCCCCCC(F)(F)F. The molecule has 0 aliphatic heterocycles. The second kappa shape index (κ2) is 11.9. The molecule has 142 valence electrons. The lowest BCUT2D eigenvalue weighted by atomic mass is 10.1. The summed E-state index contributed by atoms with van der Waals surface area (Å²) in [6.45, 7) is 0. The molecule has 1 N–H and O–H groups in total. The van der Waals surface area contributed by atoms with Crippen molar-refractivity contribution in [3.63, 3.8) is 0 Å². The Morgan fingerprint density at radius 2 is 1.17 bits per heavy atom. The molecule has 0 bridgehead atoms. The number of hydrogen-bond donors (Lipinski definition) is 1. The molecule has 0 atom stereocenters. The van der Waals surface area contributed by atoms with Gasteiger partial charge in [-0.15, -0.1) is 0 Å². The van der Waals surface area contributed by atoms with Crippen molar-refractivity contribution in [2.75, 3.05) is 14.1 Å². The zero-order chi connectivity index (χ0) is 18.6. The minimum Gasteiger partial charge on any atom is -0.323 e. The van der Waals surface area contributed by atoms with E-state index in [9.17, 15) is 34.9 Å². The zero-order valence-electron chi connectivity index (χ0n) is 13.1. The van der Waals surface area contributed by atoms with Gasteiger partial charge in [0.15, 0.2) is 0 Å². The van der Waals surface area contributed by atoms with Crippen LogP contribution in [0.1, 0.15) is 51.4 Å². The fourth-order valence-corrected chi connectivity index (χ4v) is 2.02. The number of rotatable bonds is 10. The lowest BCUT2D eigenvalue weighted by Gasteiger charge is -2.12.